The van der Waals surface area contributed by atoms with Crippen LogP contribution in [-0.4, -0.2) is 42.2 Å². The van der Waals surface area contributed by atoms with Crippen LogP contribution in [0.15, 0.2) is 71.2 Å². The Morgan fingerprint density at radius 1 is 1.19 bits per heavy atom. The molecular formula is C22H17FN6O2S. The highest BCUT2D eigenvalue weighted by molar-refractivity contribution is 7.17. The molecule has 1 aromatic carbocycles. The van der Waals surface area contributed by atoms with E-state index >= 15 is 0 Å². The van der Waals surface area contributed by atoms with E-state index in [1.165, 1.54) is 34.6 Å². The van der Waals surface area contributed by atoms with Gasteiger partial charge in [-0.15, -0.1) is 11.3 Å². The molecular weight excluding hydrogens is 431 g/mol. The van der Waals surface area contributed by atoms with Gasteiger partial charge in [-0.05, 0) is 47.8 Å². The number of carbonyl (C=O) groups is 1. The minimum Gasteiger partial charge on any atom is -0.334 e. The number of rotatable bonds is 5. The average Bonchev–Trinajstić information content (AvgIpc) is 3.53. The van der Waals surface area contributed by atoms with Crippen LogP contribution in [-0.2, 0) is 6.54 Å². The summed E-state index contributed by atoms with van der Waals surface area (Å²) < 4.78 is 17.3. The van der Waals surface area contributed by atoms with Gasteiger partial charge in [-0.2, -0.15) is 5.10 Å². The van der Waals surface area contributed by atoms with Gasteiger partial charge in [0.15, 0.2) is 5.82 Å². The summed E-state index contributed by atoms with van der Waals surface area (Å²) in [6, 6.07) is 11.3. The molecule has 8 nitrogen and oxygen atoms in total. The molecule has 10 heteroatoms. The van der Waals surface area contributed by atoms with Crippen molar-refractivity contribution in [3.8, 4) is 11.5 Å². The largest absolute Gasteiger partial charge is 0.334 e. The van der Waals surface area contributed by atoms with Crippen LogP contribution in [0, 0.1) is 5.82 Å². The molecule has 1 N–H and O–H groups in total. The van der Waals surface area contributed by atoms with Gasteiger partial charge in [0.05, 0.1) is 23.9 Å². The summed E-state index contributed by atoms with van der Waals surface area (Å²) in [5.41, 5.74) is 1.35. The van der Waals surface area contributed by atoms with Crippen LogP contribution in [0.2, 0.25) is 0 Å². The number of hydrogen-bond acceptors (Lipinski definition) is 5. The van der Waals surface area contributed by atoms with E-state index in [1.54, 1.807) is 52.3 Å². The Kier molecular flexibility index (Phi) is 4.91. The van der Waals surface area contributed by atoms with Crippen molar-refractivity contribution < 1.29 is 9.18 Å². The lowest BCUT2D eigenvalue weighted by Gasteiger charge is -2.17. The lowest BCUT2D eigenvalue weighted by atomic mass is 10.2. The molecule has 0 bridgehead atoms. The Labute approximate surface area is 185 Å². The summed E-state index contributed by atoms with van der Waals surface area (Å²) in [7, 11) is 1.63. The lowest BCUT2D eigenvalue weighted by Crippen LogP contribution is -2.29. The number of nitrogens with one attached hydrogen (secondary N) is 1. The van der Waals surface area contributed by atoms with E-state index in [2.05, 4.69) is 15.1 Å². The van der Waals surface area contributed by atoms with E-state index in [-0.39, 0.29) is 23.8 Å². The second-order valence-electron chi connectivity index (χ2n) is 7.17. The smallest absolute Gasteiger partial charge is 0.268 e. The zero-order valence-electron chi connectivity index (χ0n) is 16.9. The van der Waals surface area contributed by atoms with E-state index in [0.29, 0.717) is 33.1 Å². The standard InChI is InChI=1S/C22H17FN6O2S/c1-27(13-18-25-17-8-11-32-19(17)20(30)26-18)22(31)16-12-24-29(15-6-4-14(23)5-7-15)21(16)28-9-2-3-10-28/h2-12H,13H2,1H3,(H,25,26,30). The van der Waals surface area contributed by atoms with E-state index in [1.807, 2.05) is 12.1 Å². The topological polar surface area (TPSA) is 88.8 Å². The van der Waals surface area contributed by atoms with Crippen molar-refractivity contribution in [2.75, 3.05) is 7.05 Å². The summed E-state index contributed by atoms with van der Waals surface area (Å²) >= 11 is 1.32. The molecule has 4 aromatic heterocycles. The van der Waals surface area contributed by atoms with Crippen molar-refractivity contribution in [3.05, 3.63) is 94.0 Å². The molecule has 1 amide bonds. The Morgan fingerprint density at radius 3 is 2.69 bits per heavy atom. The quantitative estimate of drug-likeness (QED) is 0.447. The summed E-state index contributed by atoms with van der Waals surface area (Å²) in [6.07, 6.45) is 5.09. The Bertz CT molecular complexity index is 1470. The fourth-order valence-electron chi connectivity index (χ4n) is 3.49. The number of H-pyrrole nitrogens is 1. The molecule has 160 valence electrons. The molecule has 0 saturated heterocycles. The normalized spacial score (nSPS) is 11.2. The Balaban J connectivity index is 1.51. The molecule has 0 aliphatic carbocycles. The Morgan fingerprint density at radius 2 is 1.94 bits per heavy atom. The molecule has 4 heterocycles. The summed E-state index contributed by atoms with van der Waals surface area (Å²) in [5.74, 6) is 0.261. The maximum atomic E-state index is 13.4. The molecule has 0 fully saturated rings. The van der Waals surface area contributed by atoms with Gasteiger partial charge in [-0.25, -0.2) is 14.1 Å². The summed E-state index contributed by atoms with van der Waals surface area (Å²) in [4.78, 5) is 34.2. The van der Waals surface area contributed by atoms with Gasteiger partial charge < -0.3 is 14.5 Å². The molecule has 32 heavy (non-hydrogen) atoms. The number of aromatic amines is 1. The minimum atomic E-state index is -0.358. The third-order valence-electron chi connectivity index (χ3n) is 4.99. The fourth-order valence-corrected chi connectivity index (χ4v) is 4.21. The molecule has 0 unspecified atom stereocenters. The SMILES string of the molecule is CN(Cc1nc2ccsc2c(=O)[nH]1)C(=O)c1cnn(-c2ccc(F)cc2)c1-n1cccc1. The van der Waals surface area contributed by atoms with Crippen LogP contribution in [0.25, 0.3) is 21.7 Å². The van der Waals surface area contributed by atoms with Gasteiger partial charge in [0, 0.05) is 19.4 Å². The summed E-state index contributed by atoms with van der Waals surface area (Å²) in [5, 5.41) is 6.19. The van der Waals surface area contributed by atoms with Gasteiger partial charge in [0.25, 0.3) is 11.5 Å². The first-order chi connectivity index (χ1) is 15.5. The first kappa shape index (κ1) is 19.9. The molecule has 5 rings (SSSR count). The van der Waals surface area contributed by atoms with Crippen LogP contribution in [0.3, 0.4) is 0 Å². The van der Waals surface area contributed by atoms with Crippen molar-refractivity contribution in [2.24, 2.45) is 0 Å². The zero-order valence-corrected chi connectivity index (χ0v) is 17.7. The van der Waals surface area contributed by atoms with Crippen LogP contribution < -0.4 is 5.56 Å². The number of fused-ring (bicyclic) bond motifs is 1. The van der Waals surface area contributed by atoms with Crippen molar-refractivity contribution in [2.45, 2.75) is 6.54 Å². The number of halogens is 1. The number of nitrogens with zero attached hydrogens (tertiary/aromatic N) is 5. The minimum absolute atomic E-state index is 0.118. The first-order valence-electron chi connectivity index (χ1n) is 9.70. The first-order valence-corrected chi connectivity index (χ1v) is 10.6. The number of amides is 1. The van der Waals surface area contributed by atoms with E-state index < -0.39 is 0 Å². The van der Waals surface area contributed by atoms with Crippen LogP contribution in [0.4, 0.5) is 4.39 Å². The van der Waals surface area contributed by atoms with Gasteiger partial charge in [0.2, 0.25) is 0 Å². The number of benzene rings is 1. The van der Waals surface area contributed by atoms with Gasteiger partial charge in [-0.3, -0.25) is 9.59 Å². The molecule has 5 aromatic rings. The lowest BCUT2D eigenvalue weighted by molar-refractivity contribution is 0.0781. The number of thiophene rings is 1. The zero-order chi connectivity index (χ0) is 22.2. The predicted octanol–water partition coefficient (Wildman–Crippen LogP) is 3.37. The predicted molar refractivity (Wildman–Crippen MR) is 119 cm³/mol. The third-order valence-corrected chi connectivity index (χ3v) is 5.89. The van der Waals surface area contributed by atoms with Crippen molar-refractivity contribution in [1.29, 1.82) is 0 Å². The van der Waals surface area contributed by atoms with Crippen LogP contribution in [0.5, 0.6) is 0 Å². The molecule has 0 spiro atoms. The average molecular weight is 448 g/mol. The second kappa shape index (κ2) is 7.89. The highest BCUT2D eigenvalue weighted by Gasteiger charge is 2.23. The van der Waals surface area contributed by atoms with Crippen molar-refractivity contribution >= 4 is 27.5 Å². The van der Waals surface area contributed by atoms with Crippen LogP contribution >= 0.6 is 11.3 Å². The van der Waals surface area contributed by atoms with Gasteiger partial charge in [-0.1, -0.05) is 0 Å². The van der Waals surface area contributed by atoms with E-state index in [9.17, 15) is 14.0 Å². The molecule has 0 radical (unpaired) electrons. The highest BCUT2D eigenvalue weighted by atomic mass is 32.1. The van der Waals surface area contributed by atoms with Gasteiger partial charge in [0.1, 0.15) is 21.9 Å². The van der Waals surface area contributed by atoms with Crippen LogP contribution in [0.1, 0.15) is 16.2 Å². The number of aromatic nitrogens is 5. The monoisotopic (exact) mass is 448 g/mol. The number of hydrogen-bond donors (Lipinski definition) is 1. The van der Waals surface area contributed by atoms with Gasteiger partial charge >= 0.3 is 0 Å². The summed E-state index contributed by atoms with van der Waals surface area (Å²) in [6.45, 7) is 0.118. The van der Waals surface area contributed by atoms with E-state index in [0.717, 1.165) is 0 Å². The molecule has 0 aliphatic rings. The maximum absolute atomic E-state index is 13.4. The van der Waals surface area contributed by atoms with Crippen molar-refractivity contribution in [3.63, 3.8) is 0 Å². The molecule has 0 saturated carbocycles. The Hall–Kier alpha value is -4.05. The van der Waals surface area contributed by atoms with Crippen molar-refractivity contribution in [1.82, 2.24) is 29.2 Å². The molecule has 0 aliphatic heterocycles. The third kappa shape index (κ3) is 3.50. The second-order valence-corrected chi connectivity index (χ2v) is 8.09. The van der Waals surface area contributed by atoms with E-state index in [4.69, 9.17) is 0 Å². The maximum Gasteiger partial charge on any atom is 0.268 e. The number of carbonyl (C=O) groups excluding carboxylic acids is 1. The fraction of sp³-hybridized carbons (Fsp3) is 0.0909. The molecule has 0 atom stereocenters. The highest BCUT2D eigenvalue weighted by Crippen LogP contribution is 2.22.